The highest BCUT2D eigenvalue weighted by molar-refractivity contribution is 5.79. The van der Waals surface area contributed by atoms with E-state index >= 15 is 0 Å². The highest BCUT2D eigenvalue weighted by Crippen LogP contribution is 2.28. The molecule has 1 aliphatic rings. The minimum atomic E-state index is 0.0387. The van der Waals surface area contributed by atoms with Crippen molar-refractivity contribution in [2.24, 2.45) is 0 Å². The first-order valence-corrected chi connectivity index (χ1v) is 11.8. The van der Waals surface area contributed by atoms with E-state index in [1.807, 2.05) is 12.1 Å². The van der Waals surface area contributed by atoms with Crippen LogP contribution in [0.4, 0.5) is 0 Å². The number of carbonyl (C=O) groups excluding carboxylic acids is 1. The molecule has 0 atom stereocenters. The molecule has 0 aliphatic carbocycles. The number of likely N-dealkylation sites (tertiary alicyclic amines) is 1. The molecule has 0 spiro atoms. The van der Waals surface area contributed by atoms with Crippen molar-refractivity contribution in [3.63, 3.8) is 0 Å². The molecule has 4 rings (SSSR count). The van der Waals surface area contributed by atoms with Crippen LogP contribution in [0.3, 0.4) is 0 Å². The van der Waals surface area contributed by atoms with Gasteiger partial charge in [-0.1, -0.05) is 72.8 Å². The van der Waals surface area contributed by atoms with Gasteiger partial charge in [0.25, 0.3) is 0 Å². The van der Waals surface area contributed by atoms with Crippen LogP contribution < -0.4 is 5.32 Å². The fourth-order valence-electron chi connectivity index (χ4n) is 4.72. The monoisotopic (exact) mass is 437 g/mol. The van der Waals surface area contributed by atoms with Crippen molar-refractivity contribution in [1.82, 2.24) is 10.2 Å². The molecule has 168 valence electrons. The van der Waals surface area contributed by atoms with Crippen molar-refractivity contribution < 1.29 is 4.79 Å². The molecular weight excluding hydrogens is 406 g/mol. The number of hydrogen-bond acceptors (Lipinski definition) is 3. The summed E-state index contributed by atoms with van der Waals surface area (Å²) in [6.45, 7) is 3.06. The van der Waals surface area contributed by atoms with Crippen LogP contribution in [-0.4, -0.2) is 36.5 Å². The standard InChI is InChI=1S/C29H31N3O/c30-22-24-9-7-8-23(20-24)21-29(33)31-27-14-17-32(18-15-27)19-16-28(25-10-3-1-4-11-25)26-12-5-2-6-13-26/h1-13,20,27-28H,14-19,21H2,(H,31,33). The number of benzene rings is 3. The van der Waals surface area contributed by atoms with Crippen molar-refractivity contribution in [2.75, 3.05) is 19.6 Å². The van der Waals surface area contributed by atoms with Crippen molar-refractivity contribution in [3.05, 3.63) is 107 Å². The fourth-order valence-corrected chi connectivity index (χ4v) is 4.72. The number of nitrogens with one attached hydrogen (secondary N) is 1. The molecule has 3 aromatic rings. The number of piperidine rings is 1. The summed E-state index contributed by atoms with van der Waals surface area (Å²) in [5, 5.41) is 12.2. The van der Waals surface area contributed by atoms with Gasteiger partial charge in [0.2, 0.25) is 5.91 Å². The first-order valence-electron chi connectivity index (χ1n) is 11.8. The number of nitrogens with zero attached hydrogens (tertiary/aromatic N) is 2. The van der Waals surface area contributed by atoms with Crippen molar-refractivity contribution >= 4 is 5.91 Å². The average Bonchev–Trinajstić information content (AvgIpc) is 2.86. The fraction of sp³-hybridized carbons (Fsp3) is 0.310. The molecule has 0 radical (unpaired) electrons. The predicted octanol–water partition coefficient (Wildman–Crippen LogP) is 4.90. The summed E-state index contributed by atoms with van der Waals surface area (Å²) in [5.74, 6) is 0.436. The second kappa shape index (κ2) is 11.4. The number of nitriles is 1. The Balaban J connectivity index is 1.26. The van der Waals surface area contributed by atoms with Crippen molar-refractivity contribution in [1.29, 1.82) is 5.26 Å². The molecule has 0 unspecified atom stereocenters. The third-order valence-corrected chi connectivity index (χ3v) is 6.51. The number of carbonyl (C=O) groups is 1. The van der Waals surface area contributed by atoms with Crippen LogP contribution in [-0.2, 0) is 11.2 Å². The zero-order valence-electron chi connectivity index (χ0n) is 19.0. The normalized spacial score (nSPS) is 14.7. The molecule has 1 fully saturated rings. The van der Waals surface area contributed by atoms with Crippen LogP contribution in [0.5, 0.6) is 0 Å². The van der Waals surface area contributed by atoms with Gasteiger partial charge < -0.3 is 10.2 Å². The van der Waals surface area contributed by atoms with E-state index in [9.17, 15) is 4.79 Å². The lowest BCUT2D eigenvalue weighted by Crippen LogP contribution is -2.45. The van der Waals surface area contributed by atoms with Crippen LogP contribution in [0.1, 0.15) is 47.4 Å². The predicted molar refractivity (Wildman–Crippen MR) is 132 cm³/mol. The van der Waals surface area contributed by atoms with Crippen LogP contribution in [0.25, 0.3) is 0 Å². The Bertz CT molecular complexity index is 1030. The van der Waals surface area contributed by atoms with E-state index in [-0.39, 0.29) is 11.9 Å². The Hall–Kier alpha value is -3.42. The molecular formula is C29H31N3O. The van der Waals surface area contributed by atoms with E-state index in [4.69, 9.17) is 5.26 Å². The molecule has 33 heavy (non-hydrogen) atoms. The van der Waals surface area contributed by atoms with Gasteiger partial charge in [-0.2, -0.15) is 5.26 Å². The maximum absolute atomic E-state index is 12.5. The second-order valence-electron chi connectivity index (χ2n) is 8.84. The molecule has 4 heteroatoms. The zero-order chi connectivity index (χ0) is 22.9. The maximum Gasteiger partial charge on any atom is 0.224 e. The summed E-state index contributed by atoms with van der Waals surface area (Å²) in [6, 6.07) is 31.2. The van der Waals surface area contributed by atoms with Crippen molar-refractivity contribution in [2.45, 2.75) is 37.6 Å². The molecule has 1 saturated heterocycles. The molecule has 0 aromatic heterocycles. The van der Waals surface area contributed by atoms with Gasteiger partial charge in [0, 0.05) is 25.0 Å². The summed E-state index contributed by atoms with van der Waals surface area (Å²) >= 11 is 0. The first kappa shape index (κ1) is 22.8. The zero-order valence-corrected chi connectivity index (χ0v) is 19.0. The van der Waals surface area contributed by atoms with Crippen LogP contribution in [0, 0.1) is 11.3 Å². The third-order valence-electron chi connectivity index (χ3n) is 6.51. The Labute approximate surface area is 196 Å². The number of amides is 1. The Morgan fingerprint density at radius 1 is 0.939 bits per heavy atom. The molecule has 3 aromatic carbocycles. The van der Waals surface area contributed by atoms with Gasteiger partial charge in [0.1, 0.15) is 0 Å². The number of rotatable bonds is 8. The summed E-state index contributed by atoms with van der Waals surface area (Å²) in [6.07, 6.45) is 3.36. The van der Waals surface area contributed by atoms with Gasteiger partial charge in [-0.15, -0.1) is 0 Å². The van der Waals surface area contributed by atoms with E-state index in [1.165, 1.54) is 11.1 Å². The molecule has 1 aliphatic heterocycles. The highest BCUT2D eigenvalue weighted by Gasteiger charge is 2.22. The molecule has 0 saturated carbocycles. The van der Waals surface area contributed by atoms with Crippen LogP contribution in [0.2, 0.25) is 0 Å². The van der Waals surface area contributed by atoms with Crippen LogP contribution >= 0.6 is 0 Å². The summed E-state index contributed by atoms with van der Waals surface area (Å²) < 4.78 is 0. The van der Waals surface area contributed by atoms with E-state index in [2.05, 4.69) is 76.9 Å². The minimum Gasteiger partial charge on any atom is -0.353 e. The lowest BCUT2D eigenvalue weighted by atomic mass is 9.88. The number of hydrogen-bond donors (Lipinski definition) is 1. The molecule has 1 heterocycles. The van der Waals surface area contributed by atoms with E-state index in [0.29, 0.717) is 17.9 Å². The molecule has 4 nitrogen and oxygen atoms in total. The van der Waals surface area contributed by atoms with E-state index in [1.54, 1.807) is 12.1 Å². The lowest BCUT2D eigenvalue weighted by Gasteiger charge is -2.33. The lowest BCUT2D eigenvalue weighted by molar-refractivity contribution is -0.121. The van der Waals surface area contributed by atoms with E-state index in [0.717, 1.165) is 44.5 Å². The first-order chi connectivity index (χ1) is 16.2. The Morgan fingerprint density at radius 2 is 1.58 bits per heavy atom. The van der Waals surface area contributed by atoms with Gasteiger partial charge in [-0.25, -0.2) is 0 Å². The molecule has 1 N–H and O–H groups in total. The summed E-state index contributed by atoms with van der Waals surface area (Å²) in [4.78, 5) is 15.0. The SMILES string of the molecule is N#Cc1cccc(CC(=O)NC2CCN(CCC(c3ccccc3)c3ccccc3)CC2)c1. The highest BCUT2D eigenvalue weighted by atomic mass is 16.1. The van der Waals surface area contributed by atoms with E-state index < -0.39 is 0 Å². The Kier molecular flexibility index (Phi) is 7.90. The summed E-state index contributed by atoms with van der Waals surface area (Å²) in [7, 11) is 0. The maximum atomic E-state index is 12.5. The quantitative estimate of drug-likeness (QED) is 0.545. The average molecular weight is 438 g/mol. The van der Waals surface area contributed by atoms with Gasteiger partial charge in [0.05, 0.1) is 18.1 Å². The van der Waals surface area contributed by atoms with Gasteiger partial charge in [-0.3, -0.25) is 4.79 Å². The topological polar surface area (TPSA) is 56.1 Å². The molecule has 1 amide bonds. The van der Waals surface area contributed by atoms with Crippen LogP contribution in [0.15, 0.2) is 84.9 Å². The molecule has 0 bridgehead atoms. The third kappa shape index (κ3) is 6.54. The van der Waals surface area contributed by atoms with Gasteiger partial charge >= 0.3 is 0 Å². The largest absolute Gasteiger partial charge is 0.353 e. The van der Waals surface area contributed by atoms with Crippen molar-refractivity contribution in [3.8, 4) is 6.07 Å². The summed E-state index contributed by atoms with van der Waals surface area (Å²) in [5.41, 5.74) is 4.22. The smallest absolute Gasteiger partial charge is 0.224 e. The van der Waals surface area contributed by atoms with Gasteiger partial charge in [0.15, 0.2) is 0 Å². The Morgan fingerprint density at radius 3 is 2.18 bits per heavy atom. The second-order valence-corrected chi connectivity index (χ2v) is 8.84. The van der Waals surface area contributed by atoms with Gasteiger partial charge in [-0.05, 0) is 54.6 Å². The minimum absolute atomic E-state index is 0.0387.